The Morgan fingerprint density at radius 2 is 2.20 bits per heavy atom. The number of benzene rings is 1. The summed E-state index contributed by atoms with van der Waals surface area (Å²) in [4.78, 5) is 14.2. The molecule has 4 rings (SSSR count). The summed E-state index contributed by atoms with van der Waals surface area (Å²) in [5, 5.41) is 11.6. The van der Waals surface area contributed by atoms with Gasteiger partial charge < -0.3 is 5.11 Å². The standard InChI is InChI=1S/C15H12FNO2S/c16-11-2-1-10-8-17(14(18)19)15(12(10)7-11)5-3-9-4-6-20-13(9)15/h1-2,4,6-7H,3,5,8H2,(H,18,19). The number of carboxylic acid groups (broad SMARTS) is 1. The van der Waals surface area contributed by atoms with Crippen LogP contribution in [-0.2, 0) is 18.5 Å². The van der Waals surface area contributed by atoms with Crippen LogP contribution in [0.15, 0.2) is 29.6 Å². The molecule has 1 aromatic carbocycles. The lowest BCUT2D eigenvalue weighted by molar-refractivity contribution is 0.102. The minimum atomic E-state index is -0.942. The largest absolute Gasteiger partial charge is 0.465 e. The van der Waals surface area contributed by atoms with Gasteiger partial charge in [-0.3, -0.25) is 4.90 Å². The van der Waals surface area contributed by atoms with Crippen molar-refractivity contribution in [1.29, 1.82) is 0 Å². The van der Waals surface area contributed by atoms with Crippen molar-refractivity contribution >= 4 is 17.4 Å². The van der Waals surface area contributed by atoms with Gasteiger partial charge in [-0.25, -0.2) is 9.18 Å². The minimum Gasteiger partial charge on any atom is -0.465 e. The Morgan fingerprint density at radius 1 is 1.35 bits per heavy atom. The first kappa shape index (κ1) is 11.9. The Balaban J connectivity index is 2.01. The average molecular weight is 289 g/mol. The third-order valence-corrected chi connectivity index (χ3v) is 5.52. The van der Waals surface area contributed by atoms with Crippen LogP contribution in [0.3, 0.4) is 0 Å². The van der Waals surface area contributed by atoms with Gasteiger partial charge in [0.25, 0.3) is 0 Å². The van der Waals surface area contributed by atoms with Gasteiger partial charge in [0, 0.05) is 4.88 Å². The Kier molecular flexibility index (Phi) is 2.27. The van der Waals surface area contributed by atoms with Crippen molar-refractivity contribution in [3.63, 3.8) is 0 Å². The second-order valence-corrected chi connectivity index (χ2v) is 6.22. The van der Waals surface area contributed by atoms with E-state index in [4.69, 9.17) is 0 Å². The number of thiophene rings is 1. The van der Waals surface area contributed by atoms with Gasteiger partial charge >= 0.3 is 6.09 Å². The molecule has 0 bridgehead atoms. The molecule has 1 aromatic heterocycles. The molecule has 1 N–H and O–H groups in total. The van der Waals surface area contributed by atoms with Gasteiger partial charge in [-0.15, -0.1) is 11.3 Å². The molecular weight excluding hydrogens is 277 g/mol. The number of hydrogen-bond acceptors (Lipinski definition) is 2. The molecule has 2 aliphatic rings. The second-order valence-electron chi connectivity index (χ2n) is 5.31. The van der Waals surface area contributed by atoms with Crippen molar-refractivity contribution in [3.8, 4) is 0 Å². The van der Waals surface area contributed by atoms with Gasteiger partial charge in [0.1, 0.15) is 11.4 Å². The van der Waals surface area contributed by atoms with Gasteiger partial charge in [0.05, 0.1) is 6.54 Å². The van der Waals surface area contributed by atoms with Crippen LogP contribution in [0.5, 0.6) is 0 Å². The summed E-state index contributed by atoms with van der Waals surface area (Å²) in [7, 11) is 0. The number of aryl methyl sites for hydroxylation is 1. The van der Waals surface area contributed by atoms with Crippen LogP contribution >= 0.6 is 11.3 Å². The lowest BCUT2D eigenvalue weighted by Crippen LogP contribution is -2.43. The number of amides is 1. The fraction of sp³-hybridized carbons (Fsp3) is 0.267. The van der Waals surface area contributed by atoms with Crippen LogP contribution in [0.25, 0.3) is 0 Å². The van der Waals surface area contributed by atoms with E-state index in [0.717, 1.165) is 22.4 Å². The quantitative estimate of drug-likeness (QED) is 0.805. The Hall–Kier alpha value is -1.88. The lowest BCUT2D eigenvalue weighted by Gasteiger charge is -2.34. The van der Waals surface area contributed by atoms with E-state index in [2.05, 4.69) is 0 Å². The predicted molar refractivity (Wildman–Crippen MR) is 73.4 cm³/mol. The fourth-order valence-corrected chi connectivity index (χ4v) is 4.80. The monoisotopic (exact) mass is 289 g/mol. The maximum absolute atomic E-state index is 13.7. The molecule has 1 aliphatic carbocycles. The molecule has 1 unspecified atom stereocenters. The van der Waals surface area contributed by atoms with E-state index in [1.165, 1.54) is 22.6 Å². The van der Waals surface area contributed by atoms with Gasteiger partial charge in [0.2, 0.25) is 0 Å². The predicted octanol–water partition coefficient (Wildman–Crippen LogP) is 3.57. The highest BCUT2D eigenvalue weighted by atomic mass is 32.1. The zero-order chi connectivity index (χ0) is 13.9. The van der Waals surface area contributed by atoms with E-state index in [1.54, 1.807) is 17.4 Å². The van der Waals surface area contributed by atoms with Gasteiger partial charge in [-0.05, 0) is 53.1 Å². The van der Waals surface area contributed by atoms with E-state index < -0.39 is 11.6 Å². The molecule has 1 atom stereocenters. The summed E-state index contributed by atoms with van der Waals surface area (Å²) < 4.78 is 13.7. The number of halogens is 1. The summed E-state index contributed by atoms with van der Waals surface area (Å²) >= 11 is 1.57. The minimum absolute atomic E-state index is 0.305. The third-order valence-electron chi connectivity index (χ3n) is 4.42. The van der Waals surface area contributed by atoms with E-state index in [9.17, 15) is 14.3 Å². The molecule has 2 heterocycles. The highest BCUT2D eigenvalue weighted by molar-refractivity contribution is 7.10. The average Bonchev–Trinajstić information content (AvgIpc) is 3.06. The SMILES string of the molecule is O=C(O)N1Cc2ccc(F)cc2C12CCc1ccsc12. The Bertz CT molecular complexity index is 726. The maximum atomic E-state index is 13.7. The Labute approximate surface area is 119 Å². The molecule has 2 aromatic rings. The number of fused-ring (bicyclic) bond motifs is 4. The number of hydrogen-bond donors (Lipinski definition) is 1. The molecule has 0 radical (unpaired) electrons. The van der Waals surface area contributed by atoms with Gasteiger partial charge in [0.15, 0.2) is 0 Å². The first-order chi connectivity index (χ1) is 9.63. The molecule has 20 heavy (non-hydrogen) atoms. The summed E-state index contributed by atoms with van der Waals surface area (Å²) in [6.07, 6.45) is 0.610. The summed E-state index contributed by atoms with van der Waals surface area (Å²) in [6.45, 7) is 0.336. The van der Waals surface area contributed by atoms with Crippen molar-refractivity contribution in [3.05, 3.63) is 57.0 Å². The number of nitrogens with zero attached hydrogens (tertiary/aromatic N) is 1. The van der Waals surface area contributed by atoms with Crippen LogP contribution in [0, 0.1) is 5.82 Å². The van der Waals surface area contributed by atoms with E-state index in [0.29, 0.717) is 13.0 Å². The second kappa shape index (κ2) is 3.82. The first-order valence-electron chi connectivity index (χ1n) is 6.49. The van der Waals surface area contributed by atoms with Crippen LogP contribution < -0.4 is 0 Å². The zero-order valence-electron chi connectivity index (χ0n) is 10.6. The fourth-order valence-electron chi connectivity index (χ4n) is 3.59. The molecule has 5 heteroatoms. The molecular formula is C15H12FNO2S. The normalized spacial score (nSPS) is 23.1. The summed E-state index contributed by atoms with van der Waals surface area (Å²) in [6, 6.07) is 6.67. The molecule has 102 valence electrons. The number of carbonyl (C=O) groups is 1. The van der Waals surface area contributed by atoms with Crippen LogP contribution in [0.4, 0.5) is 9.18 Å². The molecule has 1 amide bonds. The molecule has 0 fully saturated rings. The van der Waals surface area contributed by atoms with Crippen molar-refractivity contribution in [2.45, 2.75) is 24.9 Å². The third kappa shape index (κ3) is 1.31. The molecule has 1 spiro atoms. The van der Waals surface area contributed by atoms with E-state index in [1.807, 2.05) is 11.4 Å². The van der Waals surface area contributed by atoms with Crippen molar-refractivity contribution in [2.75, 3.05) is 0 Å². The lowest BCUT2D eigenvalue weighted by atomic mass is 9.88. The van der Waals surface area contributed by atoms with Gasteiger partial charge in [-0.2, -0.15) is 0 Å². The van der Waals surface area contributed by atoms with Crippen LogP contribution in [0.1, 0.15) is 28.0 Å². The van der Waals surface area contributed by atoms with Crippen molar-refractivity contribution < 1.29 is 14.3 Å². The van der Waals surface area contributed by atoms with E-state index in [-0.39, 0.29) is 5.82 Å². The highest BCUT2D eigenvalue weighted by Crippen LogP contribution is 2.54. The summed E-state index contributed by atoms with van der Waals surface area (Å²) in [5.74, 6) is -0.305. The molecule has 1 aliphatic heterocycles. The number of rotatable bonds is 0. The summed E-state index contributed by atoms with van der Waals surface area (Å²) in [5.41, 5.74) is 2.25. The topological polar surface area (TPSA) is 40.5 Å². The van der Waals surface area contributed by atoms with Crippen molar-refractivity contribution in [2.24, 2.45) is 0 Å². The maximum Gasteiger partial charge on any atom is 0.408 e. The Morgan fingerprint density at radius 3 is 3.00 bits per heavy atom. The van der Waals surface area contributed by atoms with Crippen LogP contribution in [0.2, 0.25) is 0 Å². The first-order valence-corrected chi connectivity index (χ1v) is 7.37. The van der Waals surface area contributed by atoms with Crippen LogP contribution in [-0.4, -0.2) is 16.1 Å². The van der Waals surface area contributed by atoms with E-state index >= 15 is 0 Å². The molecule has 3 nitrogen and oxygen atoms in total. The molecule has 0 saturated heterocycles. The van der Waals surface area contributed by atoms with Gasteiger partial charge in [-0.1, -0.05) is 6.07 Å². The molecule has 0 saturated carbocycles. The van der Waals surface area contributed by atoms with Crippen molar-refractivity contribution in [1.82, 2.24) is 4.90 Å². The highest BCUT2D eigenvalue weighted by Gasteiger charge is 2.53. The zero-order valence-corrected chi connectivity index (χ0v) is 11.4. The smallest absolute Gasteiger partial charge is 0.408 e.